The summed E-state index contributed by atoms with van der Waals surface area (Å²) in [6.07, 6.45) is 0.904. The van der Waals surface area contributed by atoms with Crippen molar-refractivity contribution in [2.45, 2.75) is 25.4 Å². The molecule has 0 aromatic carbocycles. The van der Waals surface area contributed by atoms with E-state index in [4.69, 9.17) is 9.84 Å². The SMILES string of the molecule is CO[C@H](CC(=O)O)C(=O)N1CCCC1. The van der Waals surface area contributed by atoms with Crippen LogP contribution in [0.5, 0.6) is 0 Å². The lowest BCUT2D eigenvalue weighted by Gasteiger charge is -2.20. The first-order valence-electron chi connectivity index (χ1n) is 4.68. The maximum Gasteiger partial charge on any atom is 0.306 e. The van der Waals surface area contributed by atoms with E-state index in [1.165, 1.54) is 7.11 Å². The van der Waals surface area contributed by atoms with E-state index >= 15 is 0 Å². The molecule has 1 fully saturated rings. The molecule has 5 nitrogen and oxygen atoms in total. The molecule has 0 aromatic rings. The number of hydrogen-bond acceptors (Lipinski definition) is 3. The second-order valence-electron chi connectivity index (χ2n) is 3.35. The predicted molar refractivity (Wildman–Crippen MR) is 48.9 cm³/mol. The first-order valence-corrected chi connectivity index (χ1v) is 4.68. The van der Waals surface area contributed by atoms with Gasteiger partial charge in [-0.1, -0.05) is 0 Å². The Bertz CT molecular complexity index is 223. The summed E-state index contributed by atoms with van der Waals surface area (Å²) < 4.78 is 4.86. The highest BCUT2D eigenvalue weighted by molar-refractivity contribution is 5.85. The number of nitrogens with zero attached hydrogens (tertiary/aromatic N) is 1. The molecular weight excluding hydrogens is 186 g/mol. The number of carboxylic acids is 1. The topological polar surface area (TPSA) is 66.8 Å². The number of aliphatic carboxylic acids is 1. The summed E-state index contributed by atoms with van der Waals surface area (Å²) in [5.41, 5.74) is 0. The van der Waals surface area contributed by atoms with Crippen molar-refractivity contribution in [1.29, 1.82) is 0 Å². The molecule has 1 rings (SSSR count). The Morgan fingerprint density at radius 1 is 1.43 bits per heavy atom. The Hall–Kier alpha value is -1.10. The lowest BCUT2D eigenvalue weighted by Crippen LogP contribution is -2.39. The van der Waals surface area contributed by atoms with Gasteiger partial charge < -0.3 is 14.7 Å². The van der Waals surface area contributed by atoms with Crippen LogP contribution in [0.25, 0.3) is 0 Å². The van der Waals surface area contributed by atoms with Gasteiger partial charge in [0.05, 0.1) is 6.42 Å². The fourth-order valence-electron chi connectivity index (χ4n) is 1.57. The lowest BCUT2D eigenvalue weighted by molar-refractivity contribution is -0.149. The second kappa shape index (κ2) is 4.95. The Kier molecular flexibility index (Phi) is 3.88. The zero-order valence-corrected chi connectivity index (χ0v) is 8.23. The standard InChI is InChI=1S/C9H15NO4/c1-14-7(6-8(11)12)9(13)10-4-2-3-5-10/h7H,2-6H2,1H3,(H,11,12)/t7-/m1/s1. The molecule has 0 bridgehead atoms. The number of carbonyl (C=O) groups excluding carboxylic acids is 1. The van der Waals surface area contributed by atoms with Gasteiger partial charge in [-0.05, 0) is 12.8 Å². The van der Waals surface area contributed by atoms with Crippen molar-refractivity contribution < 1.29 is 19.4 Å². The van der Waals surface area contributed by atoms with E-state index in [0.29, 0.717) is 0 Å². The summed E-state index contributed by atoms with van der Waals surface area (Å²) in [5.74, 6) is -1.21. The number of carboxylic acid groups (broad SMARTS) is 1. The highest BCUT2D eigenvalue weighted by atomic mass is 16.5. The van der Waals surface area contributed by atoms with Crippen LogP contribution in [-0.4, -0.2) is 48.2 Å². The van der Waals surface area contributed by atoms with Crippen LogP contribution in [-0.2, 0) is 14.3 Å². The second-order valence-corrected chi connectivity index (χ2v) is 3.35. The largest absolute Gasteiger partial charge is 0.481 e. The minimum Gasteiger partial charge on any atom is -0.481 e. The van der Waals surface area contributed by atoms with Gasteiger partial charge in [-0.2, -0.15) is 0 Å². The van der Waals surface area contributed by atoms with Crippen LogP contribution in [0, 0.1) is 0 Å². The molecule has 1 aliphatic rings. The molecule has 1 amide bonds. The van der Waals surface area contributed by atoms with E-state index < -0.39 is 12.1 Å². The van der Waals surface area contributed by atoms with Crippen LogP contribution in [0.2, 0.25) is 0 Å². The number of ether oxygens (including phenoxy) is 1. The maximum atomic E-state index is 11.6. The van der Waals surface area contributed by atoms with Gasteiger partial charge in [0.1, 0.15) is 6.10 Å². The molecule has 5 heteroatoms. The van der Waals surface area contributed by atoms with Crippen LogP contribution in [0.1, 0.15) is 19.3 Å². The highest BCUT2D eigenvalue weighted by Crippen LogP contribution is 2.11. The van der Waals surface area contributed by atoms with E-state index in [9.17, 15) is 9.59 Å². The molecule has 0 spiro atoms. The molecule has 0 unspecified atom stereocenters. The van der Waals surface area contributed by atoms with Crippen LogP contribution >= 0.6 is 0 Å². The minimum absolute atomic E-state index is 0.201. The molecule has 0 saturated carbocycles. The van der Waals surface area contributed by atoms with Gasteiger partial charge in [-0.3, -0.25) is 9.59 Å². The van der Waals surface area contributed by atoms with Crippen LogP contribution < -0.4 is 0 Å². The van der Waals surface area contributed by atoms with Gasteiger partial charge in [-0.15, -0.1) is 0 Å². The first-order chi connectivity index (χ1) is 6.65. The van der Waals surface area contributed by atoms with Gasteiger partial charge in [0.15, 0.2) is 0 Å². The lowest BCUT2D eigenvalue weighted by atomic mass is 10.2. The zero-order chi connectivity index (χ0) is 10.6. The summed E-state index contributed by atoms with van der Waals surface area (Å²) >= 11 is 0. The van der Waals surface area contributed by atoms with E-state index in [1.807, 2.05) is 0 Å². The molecule has 1 heterocycles. The number of methoxy groups -OCH3 is 1. The third-order valence-electron chi connectivity index (χ3n) is 2.34. The number of amides is 1. The minimum atomic E-state index is -1.01. The van der Waals surface area contributed by atoms with Crippen molar-refractivity contribution in [3.8, 4) is 0 Å². The fourth-order valence-corrected chi connectivity index (χ4v) is 1.57. The van der Waals surface area contributed by atoms with Gasteiger partial charge in [0.25, 0.3) is 5.91 Å². The van der Waals surface area contributed by atoms with Gasteiger partial charge in [0.2, 0.25) is 0 Å². The molecular formula is C9H15NO4. The van der Waals surface area contributed by atoms with Gasteiger partial charge in [-0.25, -0.2) is 0 Å². The van der Waals surface area contributed by atoms with Crippen LogP contribution in [0.3, 0.4) is 0 Å². The smallest absolute Gasteiger partial charge is 0.306 e. The number of carbonyl (C=O) groups is 2. The zero-order valence-electron chi connectivity index (χ0n) is 8.23. The maximum absolute atomic E-state index is 11.6. The van der Waals surface area contributed by atoms with E-state index in [2.05, 4.69) is 0 Å². The van der Waals surface area contributed by atoms with Gasteiger partial charge >= 0.3 is 5.97 Å². The summed E-state index contributed by atoms with van der Waals surface area (Å²) in [5, 5.41) is 8.56. The first kappa shape index (κ1) is 11.0. The molecule has 0 radical (unpaired) electrons. The number of rotatable bonds is 4. The van der Waals surface area contributed by atoms with Crippen molar-refractivity contribution in [3.05, 3.63) is 0 Å². The molecule has 0 aliphatic carbocycles. The normalized spacial score (nSPS) is 18.2. The predicted octanol–water partition coefficient (Wildman–Crippen LogP) is 0.0985. The summed E-state index contributed by atoms with van der Waals surface area (Å²) in [6.45, 7) is 1.44. The fraction of sp³-hybridized carbons (Fsp3) is 0.778. The summed E-state index contributed by atoms with van der Waals surface area (Å²) in [4.78, 5) is 23.8. The molecule has 0 aromatic heterocycles. The molecule has 1 N–H and O–H groups in total. The molecule has 1 aliphatic heterocycles. The summed E-state index contributed by atoms with van der Waals surface area (Å²) in [7, 11) is 1.36. The summed E-state index contributed by atoms with van der Waals surface area (Å²) in [6, 6.07) is 0. The van der Waals surface area contributed by atoms with Crippen molar-refractivity contribution in [1.82, 2.24) is 4.90 Å². The number of hydrogen-bond donors (Lipinski definition) is 1. The van der Waals surface area contributed by atoms with Crippen LogP contribution in [0.4, 0.5) is 0 Å². The Morgan fingerprint density at radius 3 is 2.43 bits per heavy atom. The average Bonchev–Trinajstić information content (AvgIpc) is 2.65. The van der Waals surface area contributed by atoms with E-state index in [-0.39, 0.29) is 12.3 Å². The third-order valence-corrected chi connectivity index (χ3v) is 2.34. The highest BCUT2D eigenvalue weighted by Gasteiger charge is 2.27. The average molecular weight is 201 g/mol. The van der Waals surface area contributed by atoms with Crippen molar-refractivity contribution in [2.24, 2.45) is 0 Å². The van der Waals surface area contributed by atoms with E-state index in [0.717, 1.165) is 25.9 Å². The van der Waals surface area contributed by atoms with Crippen LogP contribution in [0.15, 0.2) is 0 Å². The van der Waals surface area contributed by atoms with E-state index in [1.54, 1.807) is 4.90 Å². The number of likely N-dealkylation sites (tertiary alicyclic amines) is 1. The third kappa shape index (κ3) is 2.70. The quantitative estimate of drug-likeness (QED) is 0.700. The van der Waals surface area contributed by atoms with Crippen molar-refractivity contribution in [3.63, 3.8) is 0 Å². The van der Waals surface area contributed by atoms with Crippen molar-refractivity contribution in [2.75, 3.05) is 20.2 Å². The molecule has 1 atom stereocenters. The van der Waals surface area contributed by atoms with Gasteiger partial charge in [0, 0.05) is 20.2 Å². The molecule has 1 saturated heterocycles. The Morgan fingerprint density at radius 2 is 2.00 bits per heavy atom. The Labute approximate surface area is 82.6 Å². The van der Waals surface area contributed by atoms with Crippen molar-refractivity contribution >= 4 is 11.9 Å². The molecule has 14 heavy (non-hydrogen) atoms. The molecule has 80 valence electrons. The Balaban J connectivity index is 2.50. The monoisotopic (exact) mass is 201 g/mol.